The van der Waals surface area contributed by atoms with Gasteiger partial charge in [-0.25, -0.2) is 0 Å². The smallest absolute Gasteiger partial charge is 0.240 e. The maximum atomic E-state index is 5.93. The van der Waals surface area contributed by atoms with Crippen molar-refractivity contribution < 1.29 is 4.52 Å². The molecular formula is C12H22N4O. The van der Waals surface area contributed by atoms with E-state index >= 15 is 0 Å². The van der Waals surface area contributed by atoms with Crippen LogP contribution < -0.4 is 5.73 Å². The molecule has 0 unspecified atom stereocenters. The van der Waals surface area contributed by atoms with Crippen LogP contribution in [0.1, 0.15) is 45.3 Å². The fourth-order valence-electron chi connectivity index (χ4n) is 1.74. The van der Waals surface area contributed by atoms with Crippen molar-refractivity contribution in [3.8, 4) is 0 Å². The van der Waals surface area contributed by atoms with E-state index in [-0.39, 0.29) is 0 Å². The molecule has 0 atom stereocenters. The first-order chi connectivity index (χ1) is 7.99. The summed E-state index contributed by atoms with van der Waals surface area (Å²) in [6.07, 6.45) is 2.73. The van der Waals surface area contributed by atoms with Gasteiger partial charge in [0.15, 0.2) is 5.82 Å². The van der Waals surface area contributed by atoms with E-state index in [1.165, 1.54) is 12.8 Å². The standard InChI is InChI=1S/C12H22N4O/c1-4-16(7-9-5-6-9)8-10-14-11(15-17-10)12(2,3)13/h9H,4-8,13H2,1-3H3. The van der Waals surface area contributed by atoms with Crippen molar-refractivity contribution in [2.75, 3.05) is 13.1 Å². The van der Waals surface area contributed by atoms with Gasteiger partial charge in [0.25, 0.3) is 0 Å². The van der Waals surface area contributed by atoms with Gasteiger partial charge in [-0.15, -0.1) is 0 Å². The molecule has 0 radical (unpaired) electrons. The summed E-state index contributed by atoms with van der Waals surface area (Å²) in [5.41, 5.74) is 5.39. The molecule has 1 fully saturated rings. The highest BCUT2D eigenvalue weighted by atomic mass is 16.5. The Labute approximate surface area is 102 Å². The Morgan fingerprint density at radius 1 is 1.47 bits per heavy atom. The normalized spacial score (nSPS) is 16.8. The highest BCUT2D eigenvalue weighted by Crippen LogP contribution is 2.30. The molecule has 2 N–H and O–H groups in total. The molecule has 96 valence electrons. The average Bonchev–Trinajstić information content (AvgIpc) is 2.91. The zero-order valence-electron chi connectivity index (χ0n) is 10.9. The highest BCUT2D eigenvalue weighted by Gasteiger charge is 2.26. The Kier molecular flexibility index (Phi) is 3.49. The van der Waals surface area contributed by atoms with Crippen LogP contribution in [0.25, 0.3) is 0 Å². The Morgan fingerprint density at radius 3 is 2.65 bits per heavy atom. The van der Waals surface area contributed by atoms with Gasteiger partial charge >= 0.3 is 0 Å². The zero-order chi connectivity index (χ0) is 12.5. The van der Waals surface area contributed by atoms with Crippen LogP contribution in [-0.4, -0.2) is 28.1 Å². The molecule has 1 aromatic heterocycles. The van der Waals surface area contributed by atoms with Gasteiger partial charge in [0.1, 0.15) is 0 Å². The Balaban J connectivity index is 1.94. The fraction of sp³-hybridized carbons (Fsp3) is 0.833. The molecule has 1 aliphatic rings. The van der Waals surface area contributed by atoms with E-state index < -0.39 is 5.54 Å². The van der Waals surface area contributed by atoms with E-state index in [9.17, 15) is 0 Å². The summed E-state index contributed by atoms with van der Waals surface area (Å²) >= 11 is 0. The molecule has 1 heterocycles. The van der Waals surface area contributed by atoms with Gasteiger partial charge in [0, 0.05) is 6.54 Å². The number of rotatable bonds is 6. The van der Waals surface area contributed by atoms with Crippen molar-refractivity contribution in [3.63, 3.8) is 0 Å². The van der Waals surface area contributed by atoms with Crippen molar-refractivity contribution in [3.05, 3.63) is 11.7 Å². The summed E-state index contributed by atoms with van der Waals surface area (Å²) in [6.45, 7) is 8.80. The monoisotopic (exact) mass is 238 g/mol. The summed E-state index contributed by atoms with van der Waals surface area (Å²) in [6, 6.07) is 0. The number of hydrogen-bond acceptors (Lipinski definition) is 5. The van der Waals surface area contributed by atoms with E-state index in [1.807, 2.05) is 13.8 Å². The van der Waals surface area contributed by atoms with E-state index in [0.717, 1.165) is 25.6 Å². The maximum absolute atomic E-state index is 5.93. The van der Waals surface area contributed by atoms with Crippen LogP contribution in [0.3, 0.4) is 0 Å². The average molecular weight is 238 g/mol. The van der Waals surface area contributed by atoms with Gasteiger partial charge in [0.05, 0.1) is 12.1 Å². The SMILES string of the molecule is CCN(Cc1nc(C(C)(C)N)no1)CC1CC1. The minimum atomic E-state index is -0.532. The summed E-state index contributed by atoms with van der Waals surface area (Å²) in [4.78, 5) is 6.70. The molecule has 0 spiro atoms. The van der Waals surface area contributed by atoms with Crippen LogP contribution in [-0.2, 0) is 12.1 Å². The minimum Gasteiger partial charge on any atom is -0.338 e. The van der Waals surface area contributed by atoms with Crippen molar-refractivity contribution >= 4 is 0 Å². The Morgan fingerprint density at radius 2 is 2.18 bits per heavy atom. The van der Waals surface area contributed by atoms with Crippen LogP contribution in [0.2, 0.25) is 0 Å². The van der Waals surface area contributed by atoms with Crippen molar-refractivity contribution in [1.82, 2.24) is 15.0 Å². The topological polar surface area (TPSA) is 68.2 Å². The van der Waals surface area contributed by atoms with Crippen LogP contribution in [0.4, 0.5) is 0 Å². The predicted molar refractivity (Wildman–Crippen MR) is 65.2 cm³/mol. The molecule has 0 bridgehead atoms. The van der Waals surface area contributed by atoms with Crippen LogP contribution in [0.5, 0.6) is 0 Å². The molecule has 1 aliphatic carbocycles. The second kappa shape index (κ2) is 4.74. The van der Waals surface area contributed by atoms with Gasteiger partial charge < -0.3 is 10.3 Å². The van der Waals surface area contributed by atoms with E-state index in [1.54, 1.807) is 0 Å². The van der Waals surface area contributed by atoms with Gasteiger partial charge in [-0.3, -0.25) is 4.90 Å². The van der Waals surface area contributed by atoms with Gasteiger partial charge in [-0.05, 0) is 39.2 Å². The molecule has 0 aromatic carbocycles. The van der Waals surface area contributed by atoms with Gasteiger partial charge in [-0.1, -0.05) is 12.1 Å². The fourth-order valence-corrected chi connectivity index (χ4v) is 1.74. The molecular weight excluding hydrogens is 216 g/mol. The minimum absolute atomic E-state index is 0.532. The highest BCUT2D eigenvalue weighted by molar-refractivity contribution is 4.99. The van der Waals surface area contributed by atoms with Crippen LogP contribution in [0.15, 0.2) is 4.52 Å². The van der Waals surface area contributed by atoms with Crippen molar-refractivity contribution in [2.45, 2.75) is 45.7 Å². The van der Waals surface area contributed by atoms with Crippen LogP contribution in [0, 0.1) is 5.92 Å². The molecule has 17 heavy (non-hydrogen) atoms. The van der Waals surface area contributed by atoms with Crippen molar-refractivity contribution in [1.29, 1.82) is 0 Å². The van der Waals surface area contributed by atoms with Gasteiger partial charge in [-0.2, -0.15) is 4.98 Å². The Hall–Kier alpha value is -0.940. The molecule has 0 aliphatic heterocycles. The second-order valence-electron chi connectivity index (χ2n) is 5.50. The largest absolute Gasteiger partial charge is 0.338 e. The lowest BCUT2D eigenvalue weighted by molar-refractivity contribution is 0.227. The first-order valence-corrected chi connectivity index (χ1v) is 6.33. The van der Waals surface area contributed by atoms with Gasteiger partial charge in [0.2, 0.25) is 5.89 Å². The lowest BCUT2D eigenvalue weighted by atomic mass is 10.1. The first-order valence-electron chi connectivity index (χ1n) is 6.33. The van der Waals surface area contributed by atoms with E-state index in [2.05, 4.69) is 22.0 Å². The molecule has 5 nitrogen and oxygen atoms in total. The third kappa shape index (κ3) is 3.51. The number of hydrogen-bond donors (Lipinski definition) is 1. The summed E-state index contributed by atoms with van der Waals surface area (Å²) in [5, 5.41) is 3.93. The second-order valence-corrected chi connectivity index (χ2v) is 5.50. The lowest BCUT2D eigenvalue weighted by Gasteiger charge is -2.17. The number of aromatic nitrogens is 2. The molecule has 1 saturated carbocycles. The van der Waals surface area contributed by atoms with E-state index in [0.29, 0.717) is 11.7 Å². The maximum Gasteiger partial charge on any atom is 0.240 e. The summed E-state index contributed by atoms with van der Waals surface area (Å²) in [7, 11) is 0. The zero-order valence-corrected chi connectivity index (χ0v) is 10.9. The Bertz CT molecular complexity index is 365. The van der Waals surface area contributed by atoms with Crippen LogP contribution >= 0.6 is 0 Å². The molecule has 1 aromatic rings. The molecule has 0 amide bonds. The predicted octanol–water partition coefficient (Wildman–Crippen LogP) is 1.50. The third-order valence-corrected chi connectivity index (χ3v) is 3.06. The van der Waals surface area contributed by atoms with E-state index in [4.69, 9.17) is 10.3 Å². The third-order valence-electron chi connectivity index (χ3n) is 3.06. The summed E-state index contributed by atoms with van der Waals surface area (Å²) < 4.78 is 5.24. The number of nitrogens with zero attached hydrogens (tertiary/aromatic N) is 3. The molecule has 0 saturated heterocycles. The van der Waals surface area contributed by atoms with Crippen molar-refractivity contribution in [2.24, 2.45) is 11.7 Å². The number of nitrogens with two attached hydrogens (primary N) is 1. The first kappa shape index (κ1) is 12.5. The molecule has 5 heteroatoms. The quantitative estimate of drug-likeness (QED) is 0.813. The lowest BCUT2D eigenvalue weighted by Crippen LogP contribution is -2.30. The summed E-state index contributed by atoms with van der Waals surface area (Å²) in [5.74, 6) is 2.12. The molecule has 2 rings (SSSR count).